The Bertz CT molecular complexity index is 1120. The molecule has 0 saturated carbocycles. The smallest absolute Gasteiger partial charge is 0.182 e. The molecule has 0 N–H and O–H groups in total. The van der Waals surface area contributed by atoms with Crippen LogP contribution in [0, 0.1) is 20.8 Å². The summed E-state index contributed by atoms with van der Waals surface area (Å²) in [5, 5.41) is 5.79. The molecule has 3 heterocycles. The van der Waals surface area contributed by atoms with Gasteiger partial charge in [0.15, 0.2) is 11.5 Å². The molecule has 0 amide bonds. The van der Waals surface area contributed by atoms with E-state index in [4.69, 9.17) is 9.97 Å². The summed E-state index contributed by atoms with van der Waals surface area (Å²) < 4.78 is 4.12. The fourth-order valence-electron chi connectivity index (χ4n) is 3.69. The van der Waals surface area contributed by atoms with E-state index in [1.54, 1.807) is 10.8 Å². The fraction of sp³-hybridized carbons (Fsp3) is 0.381. The molecule has 0 spiro atoms. The van der Waals surface area contributed by atoms with Crippen LogP contribution in [-0.2, 0) is 6.54 Å². The standard InChI is InChI=1S/C21H26N6/c1-14-9-6-7-10-17(14)19-23-21-18-15(2)16(3)26(12-8-11-25(4)5)20(18)22-13-27(21)24-19/h6-7,9-10,13H,8,11-12H2,1-5H3. The highest BCUT2D eigenvalue weighted by Gasteiger charge is 2.18. The second kappa shape index (κ2) is 6.78. The molecule has 0 bridgehead atoms. The number of benzene rings is 1. The first kappa shape index (κ1) is 17.7. The molecule has 140 valence electrons. The van der Waals surface area contributed by atoms with Crippen LogP contribution in [0.3, 0.4) is 0 Å². The highest BCUT2D eigenvalue weighted by atomic mass is 15.3. The Balaban J connectivity index is 1.85. The lowest BCUT2D eigenvalue weighted by molar-refractivity contribution is 0.387. The zero-order valence-corrected chi connectivity index (χ0v) is 16.7. The van der Waals surface area contributed by atoms with E-state index < -0.39 is 0 Å². The quantitative estimate of drug-likeness (QED) is 0.544. The fourth-order valence-corrected chi connectivity index (χ4v) is 3.69. The van der Waals surface area contributed by atoms with E-state index in [1.165, 1.54) is 16.8 Å². The van der Waals surface area contributed by atoms with Crippen molar-refractivity contribution in [1.82, 2.24) is 29.0 Å². The molecule has 0 radical (unpaired) electrons. The number of aromatic nitrogens is 5. The molecule has 0 aliphatic heterocycles. The molecule has 0 saturated heterocycles. The molecule has 6 heteroatoms. The van der Waals surface area contributed by atoms with Crippen molar-refractivity contribution in [2.45, 2.75) is 33.7 Å². The van der Waals surface area contributed by atoms with Gasteiger partial charge in [-0.3, -0.25) is 0 Å². The molecule has 0 aliphatic carbocycles. The molecule has 3 aromatic heterocycles. The number of rotatable bonds is 5. The molecule has 4 aromatic rings. The highest BCUT2D eigenvalue weighted by Crippen LogP contribution is 2.29. The molecule has 4 rings (SSSR count). The van der Waals surface area contributed by atoms with E-state index in [9.17, 15) is 0 Å². The monoisotopic (exact) mass is 362 g/mol. The van der Waals surface area contributed by atoms with E-state index in [1.807, 2.05) is 12.1 Å². The van der Waals surface area contributed by atoms with Crippen molar-refractivity contribution in [3.05, 3.63) is 47.4 Å². The van der Waals surface area contributed by atoms with Crippen LogP contribution < -0.4 is 0 Å². The largest absolute Gasteiger partial charge is 0.329 e. The summed E-state index contributed by atoms with van der Waals surface area (Å²) >= 11 is 0. The molecule has 0 fully saturated rings. The topological polar surface area (TPSA) is 51.2 Å². The van der Waals surface area contributed by atoms with Crippen LogP contribution in [0.4, 0.5) is 0 Å². The van der Waals surface area contributed by atoms with Crippen molar-refractivity contribution in [1.29, 1.82) is 0 Å². The molecule has 0 aliphatic rings. The average Bonchev–Trinajstić information content (AvgIpc) is 3.16. The molecule has 27 heavy (non-hydrogen) atoms. The van der Waals surface area contributed by atoms with Gasteiger partial charge in [-0.05, 0) is 59.0 Å². The van der Waals surface area contributed by atoms with Crippen molar-refractivity contribution in [2.75, 3.05) is 20.6 Å². The summed E-state index contributed by atoms with van der Waals surface area (Å²) in [7, 11) is 4.22. The molecule has 0 unspecified atom stereocenters. The van der Waals surface area contributed by atoms with Gasteiger partial charge in [0, 0.05) is 17.8 Å². The van der Waals surface area contributed by atoms with Crippen LogP contribution in [0.5, 0.6) is 0 Å². The first-order valence-corrected chi connectivity index (χ1v) is 9.39. The van der Waals surface area contributed by atoms with E-state index in [0.29, 0.717) is 0 Å². The number of nitrogens with zero attached hydrogens (tertiary/aromatic N) is 6. The summed E-state index contributed by atoms with van der Waals surface area (Å²) in [6.07, 6.45) is 2.87. The minimum atomic E-state index is 0.750. The molecule has 0 atom stereocenters. The predicted molar refractivity (Wildman–Crippen MR) is 109 cm³/mol. The molecular weight excluding hydrogens is 336 g/mol. The minimum Gasteiger partial charge on any atom is -0.329 e. The summed E-state index contributed by atoms with van der Waals surface area (Å²) in [6, 6.07) is 8.22. The third-order valence-electron chi connectivity index (χ3n) is 5.32. The molecular formula is C21H26N6. The second-order valence-corrected chi connectivity index (χ2v) is 7.48. The Kier molecular flexibility index (Phi) is 4.44. The normalized spacial score (nSPS) is 11.9. The summed E-state index contributed by atoms with van der Waals surface area (Å²) in [5.74, 6) is 0.750. The Hall–Kier alpha value is -2.73. The van der Waals surface area contributed by atoms with Gasteiger partial charge in [0.1, 0.15) is 12.0 Å². The highest BCUT2D eigenvalue weighted by molar-refractivity contribution is 5.94. The first-order valence-electron chi connectivity index (χ1n) is 9.39. The zero-order chi connectivity index (χ0) is 19.1. The predicted octanol–water partition coefficient (Wildman–Crippen LogP) is 3.62. The third kappa shape index (κ3) is 3.00. The van der Waals surface area contributed by atoms with E-state index in [2.05, 4.69) is 61.6 Å². The van der Waals surface area contributed by atoms with E-state index >= 15 is 0 Å². The van der Waals surface area contributed by atoms with Crippen LogP contribution >= 0.6 is 0 Å². The van der Waals surface area contributed by atoms with Gasteiger partial charge in [0.05, 0.1) is 5.39 Å². The minimum absolute atomic E-state index is 0.750. The van der Waals surface area contributed by atoms with E-state index in [0.717, 1.165) is 47.6 Å². The van der Waals surface area contributed by atoms with Gasteiger partial charge < -0.3 is 9.47 Å². The van der Waals surface area contributed by atoms with Crippen LogP contribution in [0.15, 0.2) is 30.6 Å². The maximum atomic E-state index is 4.89. The first-order chi connectivity index (χ1) is 13.0. The SMILES string of the molecule is Cc1ccccc1-c1nc2c3c(C)c(C)n(CCCN(C)C)c3ncn2n1. The number of hydrogen-bond acceptors (Lipinski definition) is 4. The van der Waals surface area contributed by atoms with Gasteiger partial charge in [-0.1, -0.05) is 24.3 Å². The van der Waals surface area contributed by atoms with Crippen molar-refractivity contribution in [3.8, 4) is 11.4 Å². The lowest BCUT2D eigenvalue weighted by Crippen LogP contribution is -2.15. The van der Waals surface area contributed by atoms with Gasteiger partial charge in [-0.2, -0.15) is 0 Å². The Labute approximate surface area is 159 Å². The maximum absolute atomic E-state index is 4.89. The Morgan fingerprint density at radius 3 is 2.56 bits per heavy atom. The number of fused-ring (bicyclic) bond motifs is 3. The summed E-state index contributed by atoms with van der Waals surface area (Å²) in [5.41, 5.74) is 6.60. The summed E-state index contributed by atoms with van der Waals surface area (Å²) in [4.78, 5) is 11.8. The van der Waals surface area contributed by atoms with Gasteiger partial charge >= 0.3 is 0 Å². The number of hydrogen-bond donors (Lipinski definition) is 0. The lowest BCUT2D eigenvalue weighted by Gasteiger charge is -2.11. The molecule has 1 aromatic carbocycles. The van der Waals surface area contributed by atoms with Crippen molar-refractivity contribution in [3.63, 3.8) is 0 Å². The molecule has 6 nitrogen and oxygen atoms in total. The van der Waals surface area contributed by atoms with Crippen molar-refractivity contribution >= 4 is 16.7 Å². The van der Waals surface area contributed by atoms with Gasteiger partial charge in [-0.15, -0.1) is 5.10 Å². The Morgan fingerprint density at radius 2 is 1.81 bits per heavy atom. The zero-order valence-electron chi connectivity index (χ0n) is 16.7. The van der Waals surface area contributed by atoms with Crippen molar-refractivity contribution in [2.24, 2.45) is 0 Å². The van der Waals surface area contributed by atoms with Crippen LogP contribution in [0.25, 0.3) is 28.1 Å². The van der Waals surface area contributed by atoms with Gasteiger partial charge in [-0.25, -0.2) is 14.5 Å². The van der Waals surface area contributed by atoms with Gasteiger partial charge in [0.25, 0.3) is 0 Å². The lowest BCUT2D eigenvalue weighted by atomic mass is 10.1. The summed E-state index contributed by atoms with van der Waals surface area (Å²) in [6.45, 7) is 8.43. The Morgan fingerprint density at radius 1 is 1.04 bits per heavy atom. The average molecular weight is 362 g/mol. The number of aryl methyl sites for hydroxylation is 3. The van der Waals surface area contributed by atoms with Crippen LogP contribution in [0.2, 0.25) is 0 Å². The van der Waals surface area contributed by atoms with Crippen LogP contribution in [-0.4, -0.2) is 49.7 Å². The second-order valence-electron chi connectivity index (χ2n) is 7.48. The third-order valence-corrected chi connectivity index (χ3v) is 5.32. The van der Waals surface area contributed by atoms with Gasteiger partial charge in [0.2, 0.25) is 0 Å². The van der Waals surface area contributed by atoms with E-state index in [-0.39, 0.29) is 0 Å². The van der Waals surface area contributed by atoms with Crippen molar-refractivity contribution < 1.29 is 0 Å². The van der Waals surface area contributed by atoms with Crippen LogP contribution in [0.1, 0.15) is 23.2 Å². The maximum Gasteiger partial charge on any atom is 0.182 e.